The molecule has 1 aromatic carbocycles. The summed E-state index contributed by atoms with van der Waals surface area (Å²) >= 11 is 1.27. The summed E-state index contributed by atoms with van der Waals surface area (Å²) in [4.78, 5) is 17.0. The Hall–Kier alpha value is -2.13. The fourth-order valence-corrected chi connectivity index (χ4v) is 2.75. The van der Waals surface area contributed by atoms with Gasteiger partial charge in [0.15, 0.2) is 4.80 Å². The van der Waals surface area contributed by atoms with Gasteiger partial charge in [0.05, 0.1) is 12.2 Å². The zero-order valence-electron chi connectivity index (χ0n) is 13.1. The van der Waals surface area contributed by atoms with Crippen LogP contribution in [0.2, 0.25) is 0 Å². The first-order valence-electron chi connectivity index (χ1n) is 6.99. The van der Waals surface area contributed by atoms with Crippen LogP contribution in [0.5, 0.6) is 0 Å². The predicted octanol–water partition coefficient (Wildman–Crippen LogP) is 3.12. The van der Waals surface area contributed by atoms with Gasteiger partial charge in [-0.3, -0.25) is 4.57 Å². The zero-order valence-corrected chi connectivity index (χ0v) is 13.9. The van der Waals surface area contributed by atoms with Gasteiger partial charge in [-0.25, -0.2) is 4.79 Å². The number of rotatable bonds is 4. The molecule has 5 nitrogen and oxygen atoms in total. The average Bonchev–Trinajstić information content (AvgIpc) is 2.87. The molecule has 130 valence electrons. The molecule has 0 unspecified atom stereocenters. The van der Waals surface area contributed by atoms with Crippen LogP contribution in [0.15, 0.2) is 35.5 Å². The Morgan fingerprint density at radius 2 is 2.00 bits per heavy atom. The number of aryl methyl sites for hydroxylation is 1. The summed E-state index contributed by atoms with van der Waals surface area (Å²) in [5.74, 6) is 0. The maximum Gasteiger partial charge on any atom is 0.416 e. The summed E-state index contributed by atoms with van der Waals surface area (Å²) in [6.07, 6.45) is -2.67. The van der Waals surface area contributed by atoms with Crippen molar-refractivity contribution >= 4 is 17.4 Å². The van der Waals surface area contributed by atoms with Crippen LogP contribution in [0.25, 0.3) is 5.69 Å². The number of thiazole rings is 1. The highest BCUT2D eigenvalue weighted by molar-refractivity contribution is 7.09. The molecule has 0 atom stereocenters. The molecule has 0 fully saturated rings. The maximum atomic E-state index is 12.6. The minimum atomic E-state index is -4.39. The molecule has 24 heavy (non-hydrogen) atoms. The van der Waals surface area contributed by atoms with Crippen molar-refractivity contribution in [3.63, 3.8) is 0 Å². The van der Waals surface area contributed by atoms with Crippen molar-refractivity contribution in [3.8, 4) is 5.69 Å². The van der Waals surface area contributed by atoms with Crippen molar-refractivity contribution in [1.82, 2.24) is 9.88 Å². The Morgan fingerprint density at radius 1 is 1.33 bits per heavy atom. The van der Waals surface area contributed by atoms with E-state index in [1.54, 1.807) is 10.8 Å². The summed E-state index contributed by atoms with van der Waals surface area (Å²) in [5, 5.41) is 2.56. The van der Waals surface area contributed by atoms with E-state index in [1.807, 2.05) is 6.92 Å². The molecule has 2 amide bonds. The summed E-state index contributed by atoms with van der Waals surface area (Å²) in [6, 6.07) is 4.15. The fourth-order valence-electron chi connectivity index (χ4n) is 1.92. The average molecular weight is 359 g/mol. The van der Waals surface area contributed by atoms with Crippen LogP contribution in [-0.2, 0) is 10.9 Å². The van der Waals surface area contributed by atoms with E-state index < -0.39 is 17.8 Å². The minimum Gasteiger partial charge on any atom is -0.383 e. The second kappa shape index (κ2) is 7.63. The minimum absolute atomic E-state index is 0.323. The van der Waals surface area contributed by atoms with Crippen molar-refractivity contribution in [2.24, 2.45) is 4.99 Å². The highest BCUT2D eigenvalue weighted by atomic mass is 32.1. The molecule has 2 aromatic rings. The highest BCUT2D eigenvalue weighted by Crippen LogP contribution is 2.29. The van der Waals surface area contributed by atoms with Gasteiger partial charge in [-0.2, -0.15) is 18.2 Å². The molecular formula is C15H16F3N3O2S. The number of carbonyl (C=O) groups excluding carboxylic acids is 1. The number of alkyl halides is 3. The lowest BCUT2D eigenvalue weighted by molar-refractivity contribution is -0.137. The normalized spacial score (nSPS) is 12.5. The van der Waals surface area contributed by atoms with Gasteiger partial charge < -0.3 is 10.1 Å². The summed E-state index contributed by atoms with van der Waals surface area (Å²) in [5.41, 5.74) is -0.231. The van der Waals surface area contributed by atoms with E-state index in [9.17, 15) is 18.0 Å². The molecule has 0 aliphatic heterocycles. The molecule has 1 N–H and O–H groups in total. The summed E-state index contributed by atoms with van der Waals surface area (Å²) < 4.78 is 44.3. The number of benzene rings is 1. The quantitative estimate of drug-likeness (QED) is 0.853. The third kappa shape index (κ3) is 4.68. The molecular weight excluding hydrogens is 343 g/mol. The molecule has 0 aliphatic rings. The number of amides is 2. The first-order valence-corrected chi connectivity index (χ1v) is 7.81. The van der Waals surface area contributed by atoms with E-state index in [2.05, 4.69) is 10.3 Å². The molecule has 0 radical (unpaired) electrons. The smallest absolute Gasteiger partial charge is 0.383 e. The van der Waals surface area contributed by atoms with Crippen molar-refractivity contribution in [2.75, 3.05) is 20.3 Å². The van der Waals surface area contributed by atoms with Crippen LogP contribution in [-0.4, -0.2) is 30.9 Å². The Labute approximate surface area is 140 Å². The van der Waals surface area contributed by atoms with E-state index in [1.165, 1.54) is 30.6 Å². The summed E-state index contributed by atoms with van der Waals surface area (Å²) in [6.45, 7) is 2.51. The second-order valence-electron chi connectivity index (χ2n) is 4.88. The van der Waals surface area contributed by atoms with Crippen molar-refractivity contribution in [1.29, 1.82) is 0 Å². The predicted molar refractivity (Wildman–Crippen MR) is 84.2 cm³/mol. The summed E-state index contributed by atoms with van der Waals surface area (Å²) in [7, 11) is 1.52. The van der Waals surface area contributed by atoms with Crippen LogP contribution in [0.3, 0.4) is 0 Å². The van der Waals surface area contributed by atoms with Gasteiger partial charge in [-0.15, -0.1) is 11.3 Å². The van der Waals surface area contributed by atoms with E-state index in [4.69, 9.17) is 4.74 Å². The van der Waals surface area contributed by atoms with Crippen LogP contribution in [0, 0.1) is 6.92 Å². The van der Waals surface area contributed by atoms with Gasteiger partial charge >= 0.3 is 12.2 Å². The number of hydrogen-bond acceptors (Lipinski definition) is 3. The monoisotopic (exact) mass is 359 g/mol. The number of ether oxygens (including phenoxy) is 1. The van der Waals surface area contributed by atoms with Gasteiger partial charge in [-0.1, -0.05) is 0 Å². The molecule has 0 saturated heterocycles. The second-order valence-corrected chi connectivity index (χ2v) is 6.09. The third-order valence-corrected chi connectivity index (χ3v) is 3.92. The van der Waals surface area contributed by atoms with Gasteiger partial charge in [0.1, 0.15) is 0 Å². The Balaban J connectivity index is 2.30. The molecule has 1 heterocycles. The Bertz CT molecular complexity index is 764. The molecule has 9 heteroatoms. The third-order valence-electron chi connectivity index (χ3n) is 3.02. The molecule has 0 aliphatic carbocycles. The van der Waals surface area contributed by atoms with Gasteiger partial charge in [-0.05, 0) is 31.2 Å². The van der Waals surface area contributed by atoms with E-state index in [-0.39, 0.29) is 0 Å². The van der Waals surface area contributed by atoms with Crippen LogP contribution in [0.4, 0.5) is 18.0 Å². The lowest BCUT2D eigenvalue weighted by atomic mass is 10.2. The molecule has 0 spiro atoms. The SMILES string of the molecule is COCCNC(=O)/N=c1\sc(C)cn1-c1ccc(C(F)(F)F)cc1. The molecule has 2 rings (SSSR count). The van der Waals surface area contributed by atoms with Crippen molar-refractivity contribution in [3.05, 3.63) is 45.7 Å². The molecule has 0 bridgehead atoms. The van der Waals surface area contributed by atoms with Crippen molar-refractivity contribution in [2.45, 2.75) is 13.1 Å². The Morgan fingerprint density at radius 3 is 2.58 bits per heavy atom. The van der Waals surface area contributed by atoms with Crippen LogP contribution in [0.1, 0.15) is 10.4 Å². The van der Waals surface area contributed by atoms with Crippen molar-refractivity contribution < 1.29 is 22.7 Å². The largest absolute Gasteiger partial charge is 0.416 e. The van der Waals surface area contributed by atoms with Crippen LogP contribution < -0.4 is 10.1 Å². The number of nitrogens with zero attached hydrogens (tertiary/aromatic N) is 2. The standard InChI is InChI=1S/C15H16F3N3O2S/c1-10-9-21(12-5-3-11(4-6-12)15(16,17)18)14(24-10)20-13(22)19-7-8-23-2/h3-6,9H,7-8H2,1-2H3,(H,19,22)/b20-14-. The molecule has 0 saturated carbocycles. The molecule has 1 aromatic heterocycles. The number of nitrogens with one attached hydrogen (secondary N) is 1. The first kappa shape index (κ1) is 18.2. The number of aromatic nitrogens is 1. The zero-order chi connectivity index (χ0) is 17.7. The maximum absolute atomic E-state index is 12.6. The fraction of sp³-hybridized carbons (Fsp3) is 0.333. The highest BCUT2D eigenvalue weighted by Gasteiger charge is 2.30. The number of halogens is 3. The van der Waals surface area contributed by atoms with E-state index >= 15 is 0 Å². The first-order chi connectivity index (χ1) is 11.3. The number of carbonyl (C=O) groups is 1. The van der Waals surface area contributed by atoms with E-state index in [0.29, 0.717) is 23.6 Å². The topological polar surface area (TPSA) is 55.6 Å². The Kier molecular flexibility index (Phi) is 5.79. The lowest BCUT2D eigenvalue weighted by Gasteiger charge is -2.08. The number of hydrogen-bond donors (Lipinski definition) is 1. The number of methoxy groups -OCH3 is 1. The number of urea groups is 1. The van der Waals surface area contributed by atoms with Gasteiger partial charge in [0.2, 0.25) is 0 Å². The van der Waals surface area contributed by atoms with Gasteiger partial charge in [0, 0.05) is 30.4 Å². The van der Waals surface area contributed by atoms with Gasteiger partial charge in [0.25, 0.3) is 0 Å². The van der Waals surface area contributed by atoms with Crippen LogP contribution >= 0.6 is 11.3 Å². The van der Waals surface area contributed by atoms with E-state index in [0.717, 1.165) is 17.0 Å². The lowest BCUT2D eigenvalue weighted by Crippen LogP contribution is -2.26.